The summed E-state index contributed by atoms with van der Waals surface area (Å²) in [5.41, 5.74) is -3.11. The second kappa shape index (κ2) is 8.98. The third-order valence-electron chi connectivity index (χ3n) is 4.67. The molecule has 2 aromatic carbocycles. The van der Waals surface area contributed by atoms with E-state index < -0.39 is 41.1 Å². The topological polar surface area (TPSA) is 101 Å². The highest BCUT2D eigenvalue weighted by atomic mass is 19.4. The number of ether oxygens (including phenoxy) is 2. The van der Waals surface area contributed by atoms with Crippen LogP contribution in [0.15, 0.2) is 53.5 Å². The van der Waals surface area contributed by atoms with E-state index in [2.05, 4.69) is 20.0 Å². The molecule has 0 amide bonds. The third kappa shape index (κ3) is 4.85. The van der Waals surface area contributed by atoms with Gasteiger partial charge in [-0.15, -0.1) is 18.3 Å². The monoisotopic (exact) mass is 513 g/mol. The molecule has 4 rings (SSSR count). The van der Waals surface area contributed by atoms with Crippen LogP contribution < -0.4 is 10.2 Å². The van der Waals surface area contributed by atoms with Gasteiger partial charge in [0, 0.05) is 0 Å². The van der Waals surface area contributed by atoms with Crippen LogP contribution in [0.3, 0.4) is 0 Å². The molecule has 0 aliphatic carbocycles. The van der Waals surface area contributed by atoms with Crippen molar-refractivity contribution in [3.05, 3.63) is 70.3 Å². The van der Waals surface area contributed by atoms with Gasteiger partial charge >= 0.3 is 18.5 Å². The summed E-state index contributed by atoms with van der Waals surface area (Å²) < 4.78 is 86.4. The molecular formula is C21H13F6N5O4. The predicted molar refractivity (Wildman–Crippen MR) is 110 cm³/mol. The van der Waals surface area contributed by atoms with E-state index in [1.165, 1.54) is 37.3 Å². The molecule has 0 saturated carbocycles. The van der Waals surface area contributed by atoms with E-state index in [1.54, 1.807) is 0 Å². The van der Waals surface area contributed by atoms with Gasteiger partial charge < -0.3 is 9.47 Å². The molecule has 0 unspecified atom stereocenters. The molecule has 9 nitrogen and oxygen atoms in total. The second-order valence-corrected chi connectivity index (χ2v) is 7.04. The summed E-state index contributed by atoms with van der Waals surface area (Å²) in [7, 11) is 0. The normalized spacial score (nSPS) is 12.1. The fourth-order valence-corrected chi connectivity index (χ4v) is 3.25. The number of fused-ring (bicyclic) bond motifs is 1. The van der Waals surface area contributed by atoms with Crippen LogP contribution >= 0.6 is 0 Å². The van der Waals surface area contributed by atoms with Crippen LogP contribution in [0.1, 0.15) is 23.1 Å². The largest absolute Gasteiger partial charge is 0.573 e. The molecule has 0 fully saturated rings. The minimum absolute atomic E-state index is 0.000830. The Hall–Kier alpha value is -4.43. The van der Waals surface area contributed by atoms with E-state index in [4.69, 9.17) is 4.74 Å². The summed E-state index contributed by atoms with van der Waals surface area (Å²) in [6.07, 6.45) is -9.27. The van der Waals surface area contributed by atoms with E-state index in [1.807, 2.05) is 0 Å². The lowest BCUT2D eigenvalue weighted by atomic mass is 10.1. The average Bonchev–Trinajstić information content (AvgIpc) is 3.30. The first kappa shape index (κ1) is 24.7. The zero-order valence-corrected chi connectivity index (χ0v) is 18.0. The molecule has 36 heavy (non-hydrogen) atoms. The summed E-state index contributed by atoms with van der Waals surface area (Å²) in [6, 6.07) is 8.30. The molecule has 4 aromatic rings. The molecule has 0 bridgehead atoms. The number of halogens is 6. The molecule has 2 heterocycles. The van der Waals surface area contributed by atoms with Crippen LogP contribution in [0.25, 0.3) is 22.3 Å². The number of aromatic nitrogens is 5. The molecule has 0 atom stereocenters. The molecule has 0 aliphatic rings. The van der Waals surface area contributed by atoms with Gasteiger partial charge in [-0.05, 0) is 43.3 Å². The first-order chi connectivity index (χ1) is 16.9. The fourth-order valence-electron chi connectivity index (χ4n) is 3.25. The van der Waals surface area contributed by atoms with Gasteiger partial charge in [0.05, 0.1) is 35.1 Å². The Morgan fingerprint density at radius 1 is 1.00 bits per heavy atom. The maximum absolute atomic E-state index is 13.2. The number of carbonyl (C=O) groups is 1. The van der Waals surface area contributed by atoms with E-state index in [0.29, 0.717) is 11.0 Å². The minimum Gasteiger partial charge on any atom is -0.461 e. The number of hydrogen-bond acceptors (Lipinski definition) is 7. The first-order valence-electron chi connectivity index (χ1n) is 9.98. The molecule has 0 saturated heterocycles. The van der Waals surface area contributed by atoms with Crippen molar-refractivity contribution in [1.29, 1.82) is 0 Å². The summed E-state index contributed by atoms with van der Waals surface area (Å²) in [5.74, 6) is -1.65. The van der Waals surface area contributed by atoms with Crippen molar-refractivity contribution < 1.29 is 40.6 Å². The Kier molecular flexibility index (Phi) is 6.16. The van der Waals surface area contributed by atoms with Crippen molar-refractivity contribution in [2.24, 2.45) is 0 Å². The zero-order valence-electron chi connectivity index (χ0n) is 18.0. The number of benzene rings is 2. The summed E-state index contributed by atoms with van der Waals surface area (Å²) >= 11 is 0. The van der Waals surface area contributed by atoms with Gasteiger partial charge in [0.25, 0.3) is 0 Å². The molecule has 2 aromatic heterocycles. The molecular weight excluding hydrogens is 500 g/mol. The number of carbonyl (C=O) groups excluding carboxylic acids is 1. The van der Waals surface area contributed by atoms with Crippen molar-refractivity contribution in [3.8, 4) is 17.1 Å². The van der Waals surface area contributed by atoms with E-state index in [0.717, 1.165) is 16.8 Å². The third-order valence-corrected chi connectivity index (χ3v) is 4.67. The lowest BCUT2D eigenvalue weighted by Gasteiger charge is -2.14. The van der Waals surface area contributed by atoms with Crippen LogP contribution in [-0.4, -0.2) is 43.7 Å². The zero-order chi connectivity index (χ0) is 26.3. The Labute approximate surface area is 196 Å². The van der Waals surface area contributed by atoms with Crippen LogP contribution in [0.2, 0.25) is 0 Å². The Morgan fingerprint density at radius 3 is 2.28 bits per heavy atom. The van der Waals surface area contributed by atoms with E-state index in [9.17, 15) is 35.9 Å². The van der Waals surface area contributed by atoms with E-state index >= 15 is 0 Å². The Bertz CT molecular complexity index is 1490. The van der Waals surface area contributed by atoms with Crippen LogP contribution in [-0.2, 0) is 10.9 Å². The Morgan fingerprint density at radius 2 is 1.69 bits per heavy atom. The quantitative estimate of drug-likeness (QED) is 0.293. The van der Waals surface area contributed by atoms with Gasteiger partial charge in [0.2, 0.25) is 11.1 Å². The number of rotatable bonds is 5. The average molecular weight is 513 g/mol. The maximum Gasteiger partial charge on any atom is 0.573 e. The molecule has 15 heteroatoms. The van der Waals surface area contributed by atoms with Crippen molar-refractivity contribution in [2.45, 2.75) is 19.5 Å². The van der Waals surface area contributed by atoms with Gasteiger partial charge in [-0.25, -0.2) is 9.48 Å². The summed E-state index contributed by atoms with van der Waals surface area (Å²) in [4.78, 5) is 26.3. The maximum atomic E-state index is 13.2. The molecule has 0 aliphatic heterocycles. The van der Waals surface area contributed by atoms with Crippen LogP contribution in [0.4, 0.5) is 26.3 Å². The van der Waals surface area contributed by atoms with Crippen molar-refractivity contribution in [2.75, 3.05) is 6.61 Å². The van der Waals surface area contributed by atoms with Gasteiger partial charge in [0.15, 0.2) is 5.69 Å². The number of nitrogens with zero attached hydrogens (tertiary/aromatic N) is 5. The smallest absolute Gasteiger partial charge is 0.461 e. The summed E-state index contributed by atoms with van der Waals surface area (Å²) in [6.45, 7) is 1.37. The molecule has 188 valence electrons. The van der Waals surface area contributed by atoms with Gasteiger partial charge in [-0.1, -0.05) is 6.07 Å². The van der Waals surface area contributed by atoms with E-state index in [-0.39, 0.29) is 28.9 Å². The number of esters is 1. The molecule has 0 N–H and O–H groups in total. The predicted octanol–water partition coefficient (Wildman–Crippen LogP) is 4.06. The SMILES string of the molecule is CCOC(=O)c1nn(-c2ccc(OC(F)(F)F)cc2)c2cccc(-n3ncc(C(F)(F)F)n3)c2c1=O. The highest BCUT2D eigenvalue weighted by Gasteiger charge is 2.35. The second-order valence-electron chi connectivity index (χ2n) is 7.04. The number of alkyl halides is 6. The molecule has 0 spiro atoms. The van der Waals surface area contributed by atoms with Crippen molar-refractivity contribution in [1.82, 2.24) is 24.8 Å². The van der Waals surface area contributed by atoms with Gasteiger partial charge in [-0.3, -0.25) is 4.79 Å². The lowest BCUT2D eigenvalue weighted by molar-refractivity contribution is -0.274. The first-order valence-corrected chi connectivity index (χ1v) is 9.98. The van der Waals surface area contributed by atoms with Gasteiger partial charge in [-0.2, -0.15) is 28.2 Å². The summed E-state index contributed by atoms with van der Waals surface area (Å²) in [5, 5.41) is 10.7. The minimum atomic E-state index is -4.93. The van der Waals surface area contributed by atoms with Crippen molar-refractivity contribution in [3.63, 3.8) is 0 Å². The lowest BCUT2D eigenvalue weighted by Crippen LogP contribution is -2.25. The Balaban J connectivity index is 1.96. The highest BCUT2D eigenvalue weighted by Crippen LogP contribution is 2.29. The van der Waals surface area contributed by atoms with Crippen molar-refractivity contribution >= 4 is 16.9 Å². The fraction of sp³-hybridized carbons (Fsp3) is 0.190. The standard InChI is InChI=1S/C21H13F6N5O4/c1-2-35-19(34)17-18(33)16-13(4-3-5-14(16)32-28-10-15(29-32)20(22,23)24)31(30-17)11-6-8-12(9-7-11)36-21(25,26)27/h3-10H,2H2,1H3. The van der Waals surface area contributed by atoms with Crippen LogP contribution in [0.5, 0.6) is 5.75 Å². The highest BCUT2D eigenvalue weighted by molar-refractivity contribution is 5.95. The van der Waals surface area contributed by atoms with Crippen LogP contribution in [0, 0.1) is 0 Å². The molecule has 0 radical (unpaired) electrons. The van der Waals surface area contributed by atoms with Gasteiger partial charge in [0.1, 0.15) is 5.75 Å². The number of hydrogen-bond donors (Lipinski definition) is 0.